The molecule has 7 nitrogen and oxygen atoms in total. The van der Waals surface area contributed by atoms with Crippen molar-refractivity contribution < 1.29 is 26.8 Å². The minimum absolute atomic E-state index is 0.103. The number of nitrogens with one attached hydrogen (secondary N) is 1. The van der Waals surface area contributed by atoms with Crippen LogP contribution in [-0.2, 0) is 32.6 Å². The summed E-state index contributed by atoms with van der Waals surface area (Å²) in [5, 5.41) is 2.71. The van der Waals surface area contributed by atoms with Gasteiger partial charge in [-0.15, -0.1) is 0 Å². The molecule has 0 bridgehead atoms. The van der Waals surface area contributed by atoms with Crippen molar-refractivity contribution in [2.24, 2.45) is 0 Å². The first-order valence-corrected chi connectivity index (χ1v) is 13.5. The Hall–Kier alpha value is -3.79. The van der Waals surface area contributed by atoms with Crippen LogP contribution < -0.4 is 9.62 Å². The Labute approximate surface area is 215 Å². The zero-order valence-corrected chi connectivity index (χ0v) is 21.4. The van der Waals surface area contributed by atoms with Crippen LogP contribution in [0.15, 0.2) is 78.9 Å². The molecule has 0 saturated heterocycles. The van der Waals surface area contributed by atoms with Gasteiger partial charge in [-0.1, -0.05) is 60.7 Å². The van der Waals surface area contributed by atoms with E-state index < -0.39 is 46.1 Å². The number of hydrogen-bond donors (Lipinski definition) is 1. The van der Waals surface area contributed by atoms with Crippen molar-refractivity contribution in [3.8, 4) is 0 Å². The molecule has 0 saturated carbocycles. The second-order valence-electron chi connectivity index (χ2n) is 8.43. The van der Waals surface area contributed by atoms with Crippen molar-refractivity contribution in [3.63, 3.8) is 0 Å². The minimum atomic E-state index is -4.09. The molecule has 37 heavy (non-hydrogen) atoms. The zero-order valence-electron chi connectivity index (χ0n) is 20.6. The summed E-state index contributed by atoms with van der Waals surface area (Å²) in [6, 6.07) is 18.9. The summed E-state index contributed by atoms with van der Waals surface area (Å²) in [6.45, 7) is 0.939. The second-order valence-corrected chi connectivity index (χ2v) is 10.3. The summed E-state index contributed by atoms with van der Waals surface area (Å²) in [7, 11) is -4.09. The van der Waals surface area contributed by atoms with Gasteiger partial charge in [0.05, 0.1) is 11.9 Å². The fourth-order valence-electron chi connectivity index (χ4n) is 3.90. The van der Waals surface area contributed by atoms with Crippen molar-refractivity contribution in [1.29, 1.82) is 0 Å². The highest BCUT2D eigenvalue weighted by atomic mass is 32.2. The predicted octanol–water partition coefficient (Wildman–Crippen LogP) is 3.51. The number of para-hydroxylation sites is 1. The van der Waals surface area contributed by atoms with Gasteiger partial charge in [-0.05, 0) is 30.7 Å². The average molecular weight is 530 g/mol. The van der Waals surface area contributed by atoms with Gasteiger partial charge in [0.15, 0.2) is 0 Å². The molecule has 0 radical (unpaired) electrons. The van der Waals surface area contributed by atoms with Crippen LogP contribution in [0.5, 0.6) is 0 Å². The molecule has 1 atom stereocenters. The third-order valence-corrected chi connectivity index (χ3v) is 6.85. The fourth-order valence-corrected chi connectivity index (χ4v) is 4.76. The lowest BCUT2D eigenvalue weighted by Crippen LogP contribution is -2.53. The molecule has 0 fully saturated rings. The van der Waals surface area contributed by atoms with Crippen LogP contribution in [0.25, 0.3) is 0 Å². The maximum absolute atomic E-state index is 14.6. The quantitative estimate of drug-likeness (QED) is 0.412. The van der Waals surface area contributed by atoms with E-state index in [1.807, 2.05) is 6.07 Å². The van der Waals surface area contributed by atoms with Gasteiger partial charge >= 0.3 is 0 Å². The normalized spacial score (nSPS) is 12.0. The number of likely N-dealkylation sites (N-methyl/N-ethyl adjacent to an activating group) is 1. The lowest BCUT2D eigenvalue weighted by Gasteiger charge is -2.33. The van der Waals surface area contributed by atoms with E-state index in [-0.39, 0.29) is 30.8 Å². The number of rotatable bonds is 11. The van der Waals surface area contributed by atoms with E-state index >= 15 is 0 Å². The molecule has 10 heteroatoms. The molecule has 0 aliphatic heterocycles. The Morgan fingerprint density at radius 2 is 1.49 bits per heavy atom. The summed E-state index contributed by atoms with van der Waals surface area (Å²) in [5.74, 6) is -2.67. The van der Waals surface area contributed by atoms with E-state index in [1.54, 1.807) is 37.3 Å². The molecular weight excluding hydrogens is 500 g/mol. The number of amides is 2. The third kappa shape index (κ3) is 7.36. The number of sulfonamides is 1. The van der Waals surface area contributed by atoms with Gasteiger partial charge in [0, 0.05) is 25.1 Å². The highest BCUT2D eigenvalue weighted by molar-refractivity contribution is 7.92. The van der Waals surface area contributed by atoms with Crippen LogP contribution in [0, 0.1) is 11.6 Å². The molecule has 3 aromatic rings. The minimum Gasteiger partial charge on any atom is -0.355 e. The highest BCUT2D eigenvalue weighted by Crippen LogP contribution is 2.23. The van der Waals surface area contributed by atoms with Gasteiger partial charge in [0.2, 0.25) is 21.8 Å². The smallest absolute Gasteiger partial charge is 0.244 e. The largest absolute Gasteiger partial charge is 0.355 e. The summed E-state index contributed by atoms with van der Waals surface area (Å²) in [6.07, 6.45) is 0.963. The van der Waals surface area contributed by atoms with E-state index in [1.165, 1.54) is 36.4 Å². The van der Waals surface area contributed by atoms with Gasteiger partial charge < -0.3 is 10.2 Å². The van der Waals surface area contributed by atoms with Crippen LogP contribution in [0.3, 0.4) is 0 Å². The molecule has 3 rings (SSSR count). The summed E-state index contributed by atoms with van der Waals surface area (Å²) < 4.78 is 55.0. The molecule has 0 heterocycles. The standard InChI is InChI=1S/C27H29F2N3O4S/c1-3-30-27(34)25(17-20-11-5-4-6-12-20)31(18-21-13-7-8-14-22(21)28)26(33)19-32(37(2,35)36)24-16-10-9-15-23(24)29/h4-16,25H,3,17-19H2,1-2H3,(H,30,34)/t25-/m0/s1. The average Bonchev–Trinajstić information content (AvgIpc) is 2.86. The van der Waals surface area contributed by atoms with E-state index in [4.69, 9.17) is 0 Å². The van der Waals surface area contributed by atoms with Gasteiger partial charge in [0.25, 0.3) is 0 Å². The summed E-state index contributed by atoms with van der Waals surface area (Å²) in [4.78, 5) is 28.1. The first-order chi connectivity index (χ1) is 17.6. The number of nitrogens with zero attached hydrogens (tertiary/aromatic N) is 2. The van der Waals surface area contributed by atoms with Crippen LogP contribution in [-0.4, -0.2) is 50.5 Å². The molecule has 0 aromatic heterocycles. The lowest BCUT2D eigenvalue weighted by molar-refractivity contribution is -0.140. The Kier molecular flexibility index (Phi) is 9.35. The first kappa shape index (κ1) is 27.8. The second kappa shape index (κ2) is 12.4. The fraction of sp³-hybridized carbons (Fsp3) is 0.259. The van der Waals surface area contributed by atoms with Crippen molar-refractivity contribution in [3.05, 3.63) is 102 Å². The zero-order chi connectivity index (χ0) is 27.0. The molecule has 196 valence electrons. The predicted molar refractivity (Wildman–Crippen MR) is 138 cm³/mol. The van der Waals surface area contributed by atoms with Crippen LogP contribution in [0.4, 0.5) is 14.5 Å². The number of carbonyl (C=O) groups excluding carboxylic acids is 2. The van der Waals surface area contributed by atoms with Crippen molar-refractivity contribution in [2.75, 3.05) is 23.7 Å². The maximum atomic E-state index is 14.6. The van der Waals surface area contributed by atoms with E-state index in [2.05, 4.69) is 5.32 Å². The molecule has 2 amide bonds. The lowest BCUT2D eigenvalue weighted by atomic mass is 10.0. The van der Waals surface area contributed by atoms with Gasteiger partial charge in [-0.25, -0.2) is 17.2 Å². The number of halogens is 2. The maximum Gasteiger partial charge on any atom is 0.244 e. The van der Waals surface area contributed by atoms with Gasteiger partial charge in [-0.3, -0.25) is 13.9 Å². The Morgan fingerprint density at radius 3 is 2.08 bits per heavy atom. The first-order valence-electron chi connectivity index (χ1n) is 11.7. The van der Waals surface area contributed by atoms with Crippen molar-refractivity contribution in [2.45, 2.75) is 25.9 Å². The van der Waals surface area contributed by atoms with E-state index in [0.29, 0.717) is 4.31 Å². The van der Waals surface area contributed by atoms with E-state index in [0.717, 1.165) is 22.8 Å². The van der Waals surface area contributed by atoms with Crippen molar-refractivity contribution in [1.82, 2.24) is 10.2 Å². The molecule has 0 spiro atoms. The Morgan fingerprint density at radius 1 is 0.892 bits per heavy atom. The molecular formula is C27H29F2N3O4S. The monoisotopic (exact) mass is 529 g/mol. The van der Waals surface area contributed by atoms with Gasteiger partial charge in [0.1, 0.15) is 24.2 Å². The summed E-state index contributed by atoms with van der Waals surface area (Å²) in [5.41, 5.74) is 0.593. The summed E-state index contributed by atoms with van der Waals surface area (Å²) >= 11 is 0. The van der Waals surface area contributed by atoms with Crippen LogP contribution in [0.1, 0.15) is 18.1 Å². The molecule has 0 aliphatic carbocycles. The van der Waals surface area contributed by atoms with Crippen LogP contribution >= 0.6 is 0 Å². The number of carbonyl (C=O) groups is 2. The Balaban J connectivity index is 2.06. The Bertz CT molecular complexity index is 1340. The van der Waals surface area contributed by atoms with Crippen molar-refractivity contribution >= 4 is 27.5 Å². The van der Waals surface area contributed by atoms with Crippen LogP contribution in [0.2, 0.25) is 0 Å². The van der Waals surface area contributed by atoms with Gasteiger partial charge in [-0.2, -0.15) is 0 Å². The molecule has 1 N–H and O–H groups in total. The molecule has 0 aliphatic rings. The number of benzene rings is 3. The topological polar surface area (TPSA) is 86.8 Å². The SMILES string of the molecule is CCNC(=O)[C@H](Cc1ccccc1)N(Cc1ccccc1F)C(=O)CN(c1ccccc1F)S(C)(=O)=O. The number of anilines is 1. The molecule has 3 aromatic carbocycles. The molecule has 0 unspecified atom stereocenters. The van der Waals surface area contributed by atoms with E-state index in [9.17, 15) is 26.8 Å². The number of hydrogen-bond acceptors (Lipinski definition) is 4. The highest BCUT2D eigenvalue weighted by Gasteiger charge is 2.33. The third-order valence-electron chi connectivity index (χ3n) is 5.72.